The van der Waals surface area contributed by atoms with Crippen LogP contribution in [0, 0.1) is 5.92 Å². The van der Waals surface area contributed by atoms with Gasteiger partial charge in [-0.05, 0) is 63.9 Å². The molecule has 1 aliphatic carbocycles. The zero-order valence-corrected chi connectivity index (χ0v) is 11.5. The Balaban J connectivity index is 2.15. The minimum atomic E-state index is 0.708. The van der Waals surface area contributed by atoms with Crippen LogP contribution in [-0.2, 0) is 0 Å². The highest BCUT2D eigenvalue weighted by Crippen LogP contribution is 2.24. The van der Waals surface area contributed by atoms with Gasteiger partial charge in [0, 0.05) is 0 Å². The summed E-state index contributed by atoms with van der Waals surface area (Å²) in [5.74, 6) is 0.708. The lowest BCUT2D eigenvalue weighted by Gasteiger charge is -2.16. The summed E-state index contributed by atoms with van der Waals surface area (Å²) in [7, 11) is 0. The summed E-state index contributed by atoms with van der Waals surface area (Å²) in [6.45, 7) is 12.4. The van der Waals surface area contributed by atoms with Gasteiger partial charge in [-0.3, -0.25) is 0 Å². The average molecular weight is 230 g/mol. The summed E-state index contributed by atoms with van der Waals surface area (Å²) < 4.78 is 0. The van der Waals surface area contributed by atoms with Gasteiger partial charge in [0.25, 0.3) is 0 Å². The number of rotatable bonds is 9. The molecule has 0 aliphatic heterocycles. The van der Waals surface area contributed by atoms with Crippen molar-refractivity contribution in [2.45, 2.75) is 52.4 Å². The first-order valence-electron chi connectivity index (χ1n) is 6.77. The molecule has 1 aliphatic rings. The second-order valence-electron chi connectivity index (χ2n) is 5.36. The van der Waals surface area contributed by atoms with Crippen LogP contribution in [0.5, 0.6) is 0 Å². The molecule has 0 amide bonds. The quantitative estimate of drug-likeness (QED) is 0.358. The third-order valence-corrected chi connectivity index (χ3v) is 3.35. The van der Waals surface area contributed by atoms with Gasteiger partial charge in [-0.1, -0.05) is 36.0 Å². The van der Waals surface area contributed by atoms with Crippen molar-refractivity contribution < 1.29 is 0 Å². The van der Waals surface area contributed by atoms with Gasteiger partial charge < -0.3 is 0 Å². The lowest BCUT2D eigenvalue weighted by Crippen LogP contribution is -2.01. The van der Waals surface area contributed by atoms with Crippen LogP contribution >= 0.6 is 0 Å². The second kappa shape index (κ2) is 7.32. The van der Waals surface area contributed by atoms with E-state index in [0.29, 0.717) is 5.92 Å². The first-order valence-corrected chi connectivity index (χ1v) is 6.77. The Hall–Kier alpha value is -1.04. The molecule has 0 spiro atoms. The topological polar surface area (TPSA) is 0 Å². The molecule has 0 bridgehead atoms. The Morgan fingerprint density at radius 2 is 1.82 bits per heavy atom. The average Bonchev–Trinajstić information content (AvgIpc) is 3.04. The number of hydrogen-bond acceptors (Lipinski definition) is 0. The Morgan fingerprint density at radius 1 is 1.18 bits per heavy atom. The molecule has 0 N–H and O–H groups in total. The van der Waals surface area contributed by atoms with Gasteiger partial charge in [0.1, 0.15) is 0 Å². The van der Waals surface area contributed by atoms with Gasteiger partial charge in [0.05, 0.1) is 0 Å². The second-order valence-corrected chi connectivity index (χ2v) is 5.36. The zero-order chi connectivity index (χ0) is 12.7. The fourth-order valence-electron chi connectivity index (χ4n) is 2.10. The molecule has 1 atom stereocenters. The van der Waals surface area contributed by atoms with E-state index in [4.69, 9.17) is 0 Å². The lowest BCUT2D eigenvalue weighted by molar-refractivity contribution is 0.484. The molecule has 0 nitrogen and oxygen atoms in total. The molecule has 0 saturated heterocycles. The summed E-state index contributed by atoms with van der Waals surface area (Å²) in [4.78, 5) is 0. The largest absolute Gasteiger partial charge is 0.100 e. The molecule has 0 fully saturated rings. The van der Waals surface area contributed by atoms with Crippen LogP contribution < -0.4 is 0 Å². The fourth-order valence-corrected chi connectivity index (χ4v) is 2.10. The predicted molar refractivity (Wildman–Crippen MR) is 78.0 cm³/mol. The van der Waals surface area contributed by atoms with Crippen molar-refractivity contribution in [1.29, 1.82) is 0 Å². The minimum Gasteiger partial charge on any atom is -0.100 e. The summed E-state index contributed by atoms with van der Waals surface area (Å²) >= 11 is 0. The molecule has 17 heavy (non-hydrogen) atoms. The van der Waals surface area contributed by atoms with E-state index in [9.17, 15) is 0 Å². The van der Waals surface area contributed by atoms with Gasteiger partial charge in [-0.15, -0.1) is 6.58 Å². The van der Waals surface area contributed by atoms with Gasteiger partial charge >= 0.3 is 0 Å². The van der Waals surface area contributed by atoms with E-state index in [1.165, 1.54) is 48.8 Å². The molecule has 94 valence electrons. The molecule has 0 aromatic rings. The van der Waals surface area contributed by atoms with E-state index >= 15 is 0 Å². The summed E-state index contributed by atoms with van der Waals surface area (Å²) in [5, 5.41) is 0. The smallest absolute Gasteiger partial charge is 0.0208 e. The fraction of sp³-hybridized carbons (Fsp3) is 0.529. The van der Waals surface area contributed by atoms with Crippen molar-refractivity contribution in [2.75, 3.05) is 0 Å². The van der Waals surface area contributed by atoms with Crippen molar-refractivity contribution in [2.24, 2.45) is 5.92 Å². The molecule has 0 aromatic carbocycles. The first-order chi connectivity index (χ1) is 8.09. The van der Waals surface area contributed by atoms with Crippen LogP contribution in [0.3, 0.4) is 0 Å². The third kappa shape index (κ3) is 6.99. The highest BCUT2D eigenvalue weighted by atomic mass is 14.1. The van der Waals surface area contributed by atoms with Crippen LogP contribution in [0.1, 0.15) is 52.4 Å². The molecular weight excluding hydrogens is 204 g/mol. The molecule has 1 unspecified atom stereocenters. The molecule has 0 heteroatoms. The van der Waals surface area contributed by atoms with Gasteiger partial charge in [0.15, 0.2) is 0 Å². The van der Waals surface area contributed by atoms with Crippen LogP contribution in [-0.4, -0.2) is 0 Å². The van der Waals surface area contributed by atoms with Crippen molar-refractivity contribution in [3.8, 4) is 0 Å². The molecule has 0 aromatic heterocycles. The van der Waals surface area contributed by atoms with Gasteiger partial charge in [-0.25, -0.2) is 0 Å². The van der Waals surface area contributed by atoms with Crippen molar-refractivity contribution in [1.82, 2.24) is 0 Å². The maximum Gasteiger partial charge on any atom is -0.0208 e. The van der Waals surface area contributed by atoms with E-state index < -0.39 is 0 Å². The van der Waals surface area contributed by atoms with E-state index in [2.05, 4.69) is 45.2 Å². The standard InChI is InChI=1S/C17H26/c1-14(2)8-7-11-17(15(3)4)10-6-5-9-16-12-13-16/h9,12-13,17H,1,3,5-8,10-11H2,2,4H3. The minimum absolute atomic E-state index is 0.708. The van der Waals surface area contributed by atoms with E-state index in [0.717, 1.165) is 6.42 Å². The Kier molecular flexibility index (Phi) is 6.04. The molecule has 0 heterocycles. The maximum atomic E-state index is 4.13. The van der Waals surface area contributed by atoms with Crippen LogP contribution in [0.25, 0.3) is 0 Å². The molecular formula is C17H26. The van der Waals surface area contributed by atoms with Crippen LogP contribution in [0.15, 0.2) is 48.1 Å². The highest BCUT2D eigenvalue weighted by Gasteiger charge is 2.09. The Bertz CT molecular complexity index is 320. The number of allylic oxidation sites excluding steroid dienone is 6. The monoisotopic (exact) mass is 230 g/mol. The third-order valence-electron chi connectivity index (χ3n) is 3.35. The number of unbranched alkanes of at least 4 members (excludes halogenated alkanes) is 1. The maximum absolute atomic E-state index is 4.13. The number of hydrogen-bond donors (Lipinski definition) is 0. The van der Waals surface area contributed by atoms with Crippen LogP contribution in [0.2, 0.25) is 0 Å². The summed E-state index contributed by atoms with van der Waals surface area (Å²) in [6, 6.07) is 0. The predicted octanol–water partition coefficient (Wildman–Crippen LogP) is 5.59. The van der Waals surface area contributed by atoms with E-state index in [1.807, 2.05) is 0 Å². The first kappa shape index (κ1) is 14.0. The van der Waals surface area contributed by atoms with Gasteiger partial charge in [0.2, 0.25) is 0 Å². The van der Waals surface area contributed by atoms with Gasteiger partial charge in [-0.2, -0.15) is 0 Å². The Morgan fingerprint density at radius 3 is 2.35 bits per heavy atom. The summed E-state index contributed by atoms with van der Waals surface area (Å²) in [6.07, 6.45) is 14.2. The lowest BCUT2D eigenvalue weighted by atomic mass is 9.90. The van der Waals surface area contributed by atoms with E-state index in [-0.39, 0.29) is 0 Å². The van der Waals surface area contributed by atoms with Crippen molar-refractivity contribution in [3.05, 3.63) is 48.1 Å². The summed E-state index contributed by atoms with van der Waals surface area (Å²) in [5.41, 5.74) is 4.08. The van der Waals surface area contributed by atoms with Crippen LogP contribution in [0.4, 0.5) is 0 Å². The Labute approximate surface area is 107 Å². The van der Waals surface area contributed by atoms with E-state index in [1.54, 1.807) is 0 Å². The highest BCUT2D eigenvalue weighted by molar-refractivity contribution is 5.46. The molecule has 1 rings (SSSR count). The van der Waals surface area contributed by atoms with Crippen molar-refractivity contribution >= 4 is 0 Å². The SMILES string of the molecule is C=C(C)CCCC(CCCC=C1C=C1)C(=C)C. The normalized spacial score (nSPS) is 14.6. The molecule has 0 saturated carbocycles. The van der Waals surface area contributed by atoms with Crippen molar-refractivity contribution in [3.63, 3.8) is 0 Å². The molecule has 0 radical (unpaired) electrons. The zero-order valence-electron chi connectivity index (χ0n) is 11.5.